The maximum absolute atomic E-state index is 5.82. The van der Waals surface area contributed by atoms with Crippen molar-refractivity contribution in [2.75, 3.05) is 9.80 Å². The van der Waals surface area contributed by atoms with Crippen molar-refractivity contribution in [1.82, 2.24) is 0 Å². The largest absolute Gasteiger partial charge is 0.517 e. The molecule has 70 heavy (non-hydrogen) atoms. The number of anilines is 2. The fourth-order valence-corrected chi connectivity index (χ4v) is 14.5. The van der Waals surface area contributed by atoms with E-state index in [0.29, 0.717) is 16.7 Å². The van der Waals surface area contributed by atoms with Crippen molar-refractivity contribution in [2.45, 2.75) is 198 Å². The van der Waals surface area contributed by atoms with E-state index >= 15 is 0 Å². The minimum Gasteiger partial charge on any atom is -0.517 e. The molecule has 1 aliphatic carbocycles. The van der Waals surface area contributed by atoms with Gasteiger partial charge in [0.15, 0.2) is 0 Å². The summed E-state index contributed by atoms with van der Waals surface area (Å²) in [4.78, 5) is 5.20. The summed E-state index contributed by atoms with van der Waals surface area (Å²) in [6.07, 6.45) is 12.4. The first kappa shape index (κ1) is 60.8. The van der Waals surface area contributed by atoms with Gasteiger partial charge in [0.2, 0.25) is 0 Å². The van der Waals surface area contributed by atoms with Crippen LogP contribution in [0.5, 0.6) is 11.5 Å². The monoisotopic (exact) mass is 1210 g/mol. The second-order valence-corrected chi connectivity index (χ2v) is 33.4. The average molecular weight is 1210 g/mol. The van der Waals surface area contributed by atoms with Crippen molar-refractivity contribution in [3.8, 4) is 11.5 Å². The van der Waals surface area contributed by atoms with E-state index in [1.54, 1.807) is 0 Å². The van der Waals surface area contributed by atoms with Crippen LogP contribution in [0.15, 0.2) is 78.9 Å². The van der Waals surface area contributed by atoms with Gasteiger partial charge in [0.25, 0.3) is 0 Å². The molecular formula is C60H86Cl4N2O2Ru2-2. The molecule has 10 heteroatoms. The maximum atomic E-state index is 5.82. The minimum atomic E-state index is -1.77. The van der Waals surface area contributed by atoms with E-state index < -0.39 is 27.0 Å². The molecule has 0 atom stereocenters. The molecule has 0 radical (unpaired) electrons. The summed E-state index contributed by atoms with van der Waals surface area (Å²) >= 11 is -3.54. The second-order valence-electron chi connectivity index (χ2n) is 21.9. The zero-order chi connectivity index (χ0) is 52.2. The zero-order valence-corrected chi connectivity index (χ0v) is 51.8. The summed E-state index contributed by atoms with van der Waals surface area (Å²) in [5.74, 6) is 2.26. The molecule has 2 aliphatic heterocycles. The fourth-order valence-electron chi connectivity index (χ4n) is 10.9. The standard InChI is InChI=1S/C20H30N.C20H32N.2C10H12O.4ClH.2Ru/c1-15-11-16(2)18(17(3)12-15)21-14-20(13-19(21,4)5)9-7-6-8-10-20;1-8-20(9-2)13-19(6,7)21(14-20)18-16(5)11-10-12-17(18)15(3)4;2*1-8(2)11-10-7-5-4-6-9(10)3;;;;;;/h11-12,14H,6-10,13H2,1-5H3;10-12,14-15H,8-9,13H2,1-7H3;2*3-8H,1-2H3;4*1H;;/q2*-1;;;;;;;2*+2/p-4. The first-order valence-corrected chi connectivity index (χ1v) is 36.4. The number of aryl methyl sites for hydroxylation is 4. The van der Waals surface area contributed by atoms with Crippen LogP contribution in [0.25, 0.3) is 0 Å². The van der Waals surface area contributed by atoms with Gasteiger partial charge >= 0.3 is 196 Å². The maximum Gasteiger partial charge on any atom is 0.0140 e. The first-order chi connectivity index (χ1) is 32.8. The van der Waals surface area contributed by atoms with Gasteiger partial charge in [-0.15, -0.1) is 10.8 Å². The summed E-state index contributed by atoms with van der Waals surface area (Å²) in [5, 5.41) is 0. The van der Waals surface area contributed by atoms with Crippen molar-refractivity contribution in [1.29, 1.82) is 0 Å². The third-order valence-electron chi connectivity index (χ3n) is 13.9. The van der Waals surface area contributed by atoms with Gasteiger partial charge in [0.1, 0.15) is 0 Å². The molecule has 2 heterocycles. The van der Waals surface area contributed by atoms with Gasteiger partial charge in [0, 0.05) is 22.5 Å². The molecule has 4 nitrogen and oxygen atoms in total. The summed E-state index contributed by atoms with van der Waals surface area (Å²) in [5.41, 5.74) is 13.2. The molecule has 394 valence electrons. The number of benzene rings is 4. The summed E-state index contributed by atoms with van der Waals surface area (Å²) < 4.78 is 15.0. The Hall–Kier alpha value is -1.77. The summed E-state index contributed by atoms with van der Waals surface area (Å²) in [6.45, 7) is 41.0. The number of para-hydroxylation sites is 3. The van der Waals surface area contributed by atoms with Crippen LogP contribution < -0.4 is 19.3 Å². The SMILES string of the molecule is CC(C)Oc1ccccc1[CH]=[Ru]([Cl])[Cl].CC(C)Oc1ccccc1[CH]=[Ru]([Cl])[Cl].CCC1(CC)[CH-]N(c2c(C)cccc2C(C)C)C(C)(C)C1.Cc1cc(C)c(N2[CH-]C3(CCCCC3)CC2(C)C)c(C)c1. The molecule has 1 saturated carbocycles. The summed E-state index contributed by atoms with van der Waals surface area (Å²) in [7, 11) is 23.3. The molecule has 3 fully saturated rings. The molecule has 0 bridgehead atoms. The molecule has 0 unspecified atom stereocenters. The van der Waals surface area contributed by atoms with Crippen LogP contribution in [0.4, 0.5) is 11.4 Å². The van der Waals surface area contributed by atoms with Gasteiger partial charge in [-0.3, -0.25) is 0 Å². The molecule has 0 aromatic heterocycles. The Morgan fingerprint density at radius 3 is 1.47 bits per heavy atom. The Balaban J connectivity index is 0.000000207. The van der Waals surface area contributed by atoms with Crippen LogP contribution in [-0.2, 0) is 27.0 Å². The van der Waals surface area contributed by atoms with Gasteiger partial charge in [0.05, 0.1) is 0 Å². The number of hydrogen-bond acceptors (Lipinski definition) is 4. The normalized spacial score (nSPS) is 17.8. The van der Waals surface area contributed by atoms with E-state index in [-0.39, 0.29) is 23.3 Å². The molecule has 4 aromatic rings. The molecule has 4 aromatic carbocycles. The number of hydrogen-bond donors (Lipinski definition) is 0. The van der Waals surface area contributed by atoms with E-state index in [1.165, 1.54) is 97.0 Å². The number of halogens is 4. The van der Waals surface area contributed by atoms with Crippen LogP contribution >= 0.6 is 38.8 Å². The Morgan fingerprint density at radius 1 is 0.586 bits per heavy atom. The van der Waals surface area contributed by atoms with Crippen LogP contribution in [0.3, 0.4) is 0 Å². The third-order valence-corrected chi connectivity index (χ3v) is 17.5. The van der Waals surface area contributed by atoms with E-state index in [1.807, 2.05) is 85.4 Å². The molecular weight excluding hydrogens is 1120 g/mol. The predicted molar refractivity (Wildman–Crippen MR) is 304 cm³/mol. The van der Waals surface area contributed by atoms with Crippen LogP contribution in [0, 0.1) is 51.6 Å². The Bertz CT molecular complexity index is 2270. The van der Waals surface area contributed by atoms with Gasteiger partial charge in [-0.05, 0) is 83.6 Å². The molecule has 2 saturated heterocycles. The smallest absolute Gasteiger partial charge is 0.0140 e. The Labute approximate surface area is 452 Å². The van der Waals surface area contributed by atoms with Crippen LogP contribution in [-0.4, -0.2) is 32.5 Å². The number of ether oxygens (including phenoxy) is 2. The number of rotatable bonds is 11. The van der Waals surface area contributed by atoms with Crippen molar-refractivity contribution >= 4 is 59.4 Å². The molecule has 3 aliphatic rings. The predicted octanol–water partition coefficient (Wildman–Crippen LogP) is 18.9. The Kier molecular flexibility index (Phi) is 23.6. The topological polar surface area (TPSA) is 24.9 Å². The van der Waals surface area contributed by atoms with Gasteiger partial charge in [-0.1, -0.05) is 121 Å². The van der Waals surface area contributed by atoms with E-state index in [4.69, 9.17) is 48.2 Å². The van der Waals surface area contributed by atoms with Gasteiger partial charge in [-0.2, -0.15) is 0 Å². The van der Waals surface area contributed by atoms with Crippen molar-refractivity contribution < 1.29 is 36.5 Å². The van der Waals surface area contributed by atoms with Gasteiger partial charge in [-0.25, -0.2) is 13.1 Å². The zero-order valence-electron chi connectivity index (χ0n) is 45.3. The fraction of sp³-hybridized carbons (Fsp3) is 0.533. The number of nitrogens with zero attached hydrogens (tertiary/aromatic N) is 2. The Morgan fingerprint density at radius 2 is 1.04 bits per heavy atom. The van der Waals surface area contributed by atoms with Crippen LogP contribution in [0.1, 0.15) is 186 Å². The summed E-state index contributed by atoms with van der Waals surface area (Å²) in [6, 6.07) is 27.0. The molecule has 7 rings (SSSR count). The van der Waals surface area contributed by atoms with Gasteiger partial charge < -0.3 is 9.80 Å². The first-order valence-electron chi connectivity index (χ1n) is 25.4. The van der Waals surface area contributed by atoms with E-state index in [2.05, 4.69) is 136 Å². The minimum absolute atomic E-state index is 0.163. The van der Waals surface area contributed by atoms with Crippen molar-refractivity contribution in [2.24, 2.45) is 10.8 Å². The van der Waals surface area contributed by atoms with Crippen molar-refractivity contribution in [3.63, 3.8) is 0 Å². The quantitative estimate of drug-likeness (QED) is 0.110. The third kappa shape index (κ3) is 17.1. The molecule has 1 spiro atoms. The van der Waals surface area contributed by atoms with Crippen molar-refractivity contribution in [3.05, 3.63) is 131 Å². The average Bonchev–Trinajstić information content (AvgIpc) is 3.68. The van der Waals surface area contributed by atoms with E-state index in [0.717, 1.165) is 22.6 Å². The second kappa shape index (κ2) is 27.1. The molecule has 0 N–H and O–H groups in total. The molecule has 0 amide bonds. The van der Waals surface area contributed by atoms with E-state index in [9.17, 15) is 0 Å². The van der Waals surface area contributed by atoms with Crippen LogP contribution in [0.2, 0.25) is 0 Å².